The number of benzene rings is 1. The van der Waals surface area contributed by atoms with Crippen LogP contribution in [0.3, 0.4) is 0 Å². The van der Waals surface area contributed by atoms with Gasteiger partial charge in [-0.25, -0.2) is 19.0 Å². The number of amides is 1. The zero-order valence-electron chi connectivity index (χ0n) is 15.2. The fraction of sp³-hybridized carbons (Fsp3) is 0.263. The van der Waals surface area contributed by atoms with Crippen molar-refractivity contribution in [2.24, 2.45) is 0 Å². The quantitative estimate of drug-likeness (QED) is 0.676. The van der Waals surface area contributed by atoms with Crippen LogP contribution in [-0.2, 0) is 0 Å². The SMILES string of the molecule is Cc1ccn(-c2cc(N3CCN(C(=O)c4c(F)cccc4Cl)CC3)ncn2)n1. The molecule has 0 atom stereocenters. The van der Waals surface area contributed by atoms with E-state index in [1.54, 1.807) is 9.58 Å². The summed E-state index contributed by atoms with van der Waals surface area (Å²) in [5, 5.41) is 4.49. The first-order valence-corrected chi connectivity index (χ1v) is 9.23. The molecule has 1 saturated heterocycles. The number of aromatic nitrogens is 4. The van der Waals surface area contributed by atoms with Crippen LogP contribution in [0.4, 0.5) is 10.2 Å². The Labute approximate surface area is 166 Å². The number of rotatable bonds is 3. The number of carbonyl (C=O) groups excluding carboxylic acids is 1. The van der Waals surface area contributed by atoms with Gasteiger partial charge in [0.05, 0.1) is 16.3 Å². The second kappa shape index (κ2) is 7.55. The van der Waals surface area contributed by atoms with Crippen LogP contribution in [0.25, 0.3) is 5.82 Å². The molecule has 1 aliphatic rings. The van der Waals surface area contributed by atoms with Crippen molar-refractivity contribution in [2.45, 2.75) is 6.92 Å². The van der Waals surface area contributed by atoms with Crippen molar-refractivity contribution >= 4 is 23.3 Å². The van der Waals surface area contributed by atoms with E-state index in [9.17, 15) is 9.18 Å². The van der Waals surface area contributed by atoms with Crippen LogP contribution >= 0.6 is 11.6 Å². The molecule has 0 radical (unpaired) electrons. The van der Waals surface area contributed by atoms with Crippen molar-refractivity contribution in [3.63, 3.8) is 0 Å². The van der Waals surface area contributed by atoms with E-state index in [0.29, 0.717) is 32.0 Å². The smallest absolute Gasteiger partial charge is 0.258 e. The van der Waals surface area contributed by atoms with Gasteiger partial charge < -0.3 is 9.80 Å². The van der Waals surface area contributed by atoms with Crippen molar-refractivity contribution in [3.8, 4) is 5.82 Å². The number of carbonyl (C=O) groups is 1. The summed E-state index contributed by atoms with van der Waals surface area (Å²) in [6, 6.07) is 8.01. The summed E-state index contributed by atoms with van der Waals surface area (Å²) >= 11 is 6.02. The second-order valence-corrected chi connectivity index (χ2v) is 6.92. The van der Waals surface area contributed by atoms with Gasteiger partial charge in [-0.15, -0.1) is 0 Å². The molecule has 28 heavy (non-hydrogen) atoms. The van der Waals surface area contributed by atoms with Gasteiger partial charge in [0.1, 0.15) is 18.0 Å². The minimum atomic E-state index is -0.602. The fourth-order valence-corrected chi connectivity index (χ4v) is 3.42. The normalized spacial score (nSPS) is 14.4. The highest BCUT2D eigenvalue weighted by atomic mass is 35.5. The highest BCUT2D eigenvalue weighted by Gasteiger charge is 2.26. The Morgan fingerprint density at radius 1 is 1.11 bits per heavy atom. The van der Waals surface area contributed by atoms with Crippen molar-refractivity contribution in [1.29, 1.82) is 0 Å². The maximum absolute atomic E-state index is 14.0. The maximum atomic E-state index is 14.0. The highest BCUT2D eigenvalue weighted by molar-refractivity contribution is 6.33. The van der Waals surface area contributed by atoms with E-state index in [-0.39, 0.29) is 10.6 Å². The summed E-state index contributed by atoms with van der Waals surface area (Å²) in [6.07, 6.45) is 3.34. The lowest BCUT2D eigenvalue weighted by Crippen LogP contribution is -2.49. The van der Waals surface area contributed by atoms with Gasteiger partial charge in [0.25, 0.3) is 5.91 Å². The molecule has 3 aromatic rings. The van der Waals surface area contributed by atoms with Gasteiger partial charge in [0.2, 0.25) is 0 Å². The van der Waals surface area contributed by atoms with Gasteiger partial charge in [-0.3, -0.25) is 4.79 Å². The molecule has 144 valence electrons. The molecule has 0 spiro atoms. The van der Waals surface area contributed by atoms with Gasteiger partial charge in [-0.05, 0) is 25.1 Å². The molecule has 0 N–H and O–H groups in total. The van der Waals surface area contributed by atoms with Gasteiger partial charge in [0, 0.05) is 38.4 Å². The lowest BCUT2D eigenvalue weighted by molar-refractivity contribution is 0.0742. The van der Waals surface area contributed by atoms with Crippen LogP contribution in [0.15, 0.2) is 42.9 Å². The summed E-state index contributed by atoms with van der Waals surface area (Å²) in [5.41, 5.74) is 0.829. The Kier molecular flexibility index (Phi) is 4.95. The first kappa shape index (κ1) is 18.4. The third-order valence-electron chi connectivity index (χ3n) is 4.66. The molecule has 0 aliphatic carbocycles. The minimum Gasteiger partial charge on any atom is -0.353 e. The first-order chi connectivity index (χ1) is 13.5. The van der Waals surface area contributed by atoms with Gasteiger partial charge >= 0.3 is 0 Å². The Morgan fingerprint density at radius 3 is 2.54 bits per heavy atom. The van der Waals surface area contributed by atoms with E-state index in [0.717, 1.165) is 11.5 Å². The average molecular weight is 401 g/mol. The average Bonchev–Trinajstić information content (AvgIpc) is 3.14. The zero-order valence-corrected chi connectivity index (χ0v) is 16.0. The van der Waals surface area contributed by atoms with E-state index in [1.165, 1.54) is 24.5 Å². The third-order valence-corrected chi connectivity index (χ3v) is 4.98. The number of halogens is 2. The largest absolute Gasteiger partial charge is 0.353 e. The van der Waals surface area contributed by atoms with E-state index in [2.05, 4.69) is 20.0 Å². The number of anilines is 1. The molecule has 3 heterocycles. The van der Waals surface area contributed by atoms with E-state index in [4.69, 9.17) is 11.6 Å². The predicted molar refractivity (Wildman–Crippen MR) is 103 cm³/mol. The number of hydrogen-bond acceptors (Lipinski definition) is 5. The fourth-order valence-electron chi connectivity index (χ4n) is 3.18. The Balaban J connectivity index is 1.47. The molecule has 1 aliphatic heterocycles. The van der Waals surface area contributed by atoms with E-state index in [1.807, 2.05) is 25.3 Å². The van der Waals surface area contributed by atoms with Gasteiger partial charge in [-0.2, -0.15) is 5.10 Å². The van der Waals surface area contributed by atoms with Gasteiger partial charge in [-0.1, -0.05) is 17.7 Å². The number of aryl methyl sites for hydroxylation is 1. The van der Waals surface area contributed by atoms with Gasteiger partial charge in [0.15, 0.2) is 5.82 Å². The van der Waals surface area contributed by atoms with Crippen LogP contribution in [0.5, 0.6) is 0 Å². The zero-order chi connectivity index (χ0) is 19.7. The summed E-state index contributed by atoms with van der Waals surface area (Å²) in [4.78, 5) is 24.9. The summed E-state index contributed by atoms with van der Waals surface area (Å²) in [7, 11) is 0. The Bertz CT molecular complexity index is 995. The van der Waals surface area contributed by atoms with Crippen LogP contribution < -0.4 is 4.90 Å². The molecule has 9 heteroatoms. The molecule has 0 saturated carbocycles. The Morgan fingerprint density at radius 2 is 1.86 bits per heavy atom. The molecule has 7 nitrogen and oxygen atoms in total. The summed E-state index contributed by atoms with van der Waals surface area (Å²) < 4.78 is 15.7. The predicted octanol–water partition coefficient (Wildman–Crippen LogP) is 2.73. The number of nitrogens with zero attached hydrogens (tertiary/aromatic N) is 6. The van der Waals surface area contributed by atoms with Crippen LogP contribution in [0, 0.1) is 12.7 Å². The topological polar surface area (TPSA) is 67.2 Å². The second-order valence-electron chi connectivity index (χ2n) is 6.51. The van der Waals surface area contributed by atoms with Crippen LogP contribution in [-0.4, -0.2) is 56.7 Å². The molecule has 2 aromatic heterocycles. The van der Waals surface area contributed by atoms with Crippen LogP contribution in [0.1, 0.15) is 16.1 Å². The Hall–Kier alpha value is -3.00. The number of hydrogen-bond donors (Lipinski definition) is 0. The standard InChI is InChI=1S/C19H18ClFN6O/c1-13-5-6-27(24-13)17-11-16(22-12-23-17)25-7-9-26(10-8-25)19(28)18-14(20)3-2-4-15(18)21/h2-6,11-12H,7-10H2,1H3. The van der Waals surface area contributed by atoms with E-state index < -0.39 is 11.7 Å². The molecular weight excluding hydrogens is 383 g/mol. The molecule has 1 aromatic carbocycles. The lowest BCUT2D eigenvalue weighted by Gasteiger charge is -2.35. The molecular formula is C19H18ClFN6O. The summed E-state index contributed by atoms with van der Waals surface area (Å²) in [6.45, 7) is 3.96. The summed E-state index contributed by atoms with van der Waals surface area (Å²) in [5.74, 6) is 0.442. The molecule has 1 fully saturated rings. The van der Waals surface area contributed by atoms with Crippen molar-refractivity contribution < 1.29 is 9.18 Å². The highest BCUT2D eigenvalue weighted by Crippen LogP contribution is 2.22. The molecule has 4 rings (SSSR count). The van der Waals surface area contributed by atoms with Crippen molar-refractivity contribution in [3.05, 3.63) is 65.0 Å². The maximum Gasteiger partial charge on any atom is 0.258 e. The van der Waals surface area contributed by atoms with Crippen molar-refractivity contribution in [2.75, 3.05) is 31.1 Å². The monoisotopic (exact) mass is 400 g/mol. The minimum absolute atomic E-state index is 0.0732. The number of piperazine rings is 1. The first-order valence-electron chi connectivity index (χ1n) is 8.86. The molecule has 0 bridgehead atoms. The van der Waals surface area contributed by atoms with Crippen molar-refractivity contribution in [1.82, 2.24) is 24.6 Å². The van der Waals surface area contributed by atoms with Crippen LogP contribution in [0.2, 0.25) is 5.02 Å². The van der Waals surface area contributed by atoms with E-state index >= 15 is 0 Å². The lowest BCUT2D eigenvalue weighted by atomic mass is 10.1. The third kappa shape index (κ3) is 3.55. The molecule has 0 unspecified atom stereocenters. The molecule has 1 amide bonds.